The first-order valence-corrected chi connectivity index (χ1v) is 7.36. The molecule has 1 amide bonds. The van der Waals surface area contributed by atoms with Crippen LogP contribution in [0.25, 0.3) is 0 Å². The number of carbonyl (C=O) groups is 1. The molecular formula is C15H23N5O. The van der Waals surface area contributed by atoms with E-state index in [1.54, 1.807) is 4.68 Å². The van der Waals surface area contributed by atoms with Crippen molar-refractivity contribution in [2.45, 2.75) is 53.0 Å². The molecule has 2 aromatic heterocycles. The van der Waals surface area contributed by atoms with Crippen LogP contribution in [0.5, 0.6) is 0 Å². The molecule has 0 aromatic carbocycles. The largest absolute Gasteiger partial charge is 0.304 e. The third-order valence-electron chi connectivity index (χ3n) is 3.38. The lowest BCUT2D eigenvalue weighted by Gasteiger charge is -2.03. The van der Waals surface area contributed by atoms with Crippen LogP contribution in [-0.4, -0.2) is 25.9 Å². The predicted octanol–water partition coefficient (Wildman–Crippen LogP) is 3.13. The fourth-order valence-electron chi connectivity index (χ4n) is 2.02. The van der Waals surface area contributed by atoms with Crippen LogP contribution in [-0.2, 0) is 6.54 Å². The van der Waals surface area contributed by atoms with Crippen molar-refractivity contribution < 1.29 is 4.79 Å². The van der Waals surface area contributed by atoms with Crippen molar-refractivity contribution in [2.24, 2.45) is 0 Å². The summed E-state index contributed by atoms with van der Waals surface area (Å²) in [5.74, 6) is 0.996. The molecule has 0 aliphatic carbocycles. The molecule has 6 heteroatoms. The van der Waals surface area contributed by atoms with E-state index in [4.69, 9.17) is 0 Å². The Kier molecular flexibility index (Phi) is 4.45. The van der Waals surface area contributed by atoms with E-state index in [1.165, 1.54) is 0 Å². The lowest BCUT2D eigenvalue weighted by Crippen LogP contribution is -2.17. The Morgan fingerprint density at radius 1 is 1.29 bits per heavy atom. The summed E-state index contributed by atoms with van der Waals surface area (Å²) in [5, 5.41) is 14.3. The van der Waals surface area contributed by atoms with Crippen LogP contribution in [0.1, 0.15) is 68.3 Å². The second kappa shape index (κ2) is 6.11. The number of hydrogen-bond donors (Lipinski definition) is 2. The van der Waals surface area contributed by atoms with E-state index in [0.29, 0.717) is 29.9 Å². The van der Waals surface area contributed by atoms with Gasteiger partial charge in [0.2, 0.25) is 0 Å². The van der Waals surface area contributed by atoms with Crippen LogP contribution >= 0.6 is 0 Å². The van der Waals surface area contributed by atoms with Gasteiger partial charge in [0.1, 0.15) is 5.69 Å². The summed E-state index contributed by atoms with van der Waals surface area (Å²) in [5.41, 5.74) is 2.49. The molecular weight excluding hydrogens is 266 g/mol. The summed E-state index contributed by atoms with van der Waals surface area (Å²) in [6.07, 6.45) is 0. The van der Waals surface area contributed by atoms with E-state index in [2.05, 4.69) is 48.3 Å². The number of nitrogens with one attached hydrogen (secondary N) is 2. The monoisotopic (exact) mass is 289 g/mol. The number of rotatable bonds is 5. The maximum atomic E-state index is 12.4. The zero-order chi connectivity index (χ0) is 15.6. The number of amides is 1. The molecule has 0 spiro atoms. The number of anilines is 1. The molecule has 2 heterocycles. The number of hydrogen-bond acceptors (Lipinski definition) is 3. The van der Waals surface area contributed by atoms with Crippen molar-refractivity contribution >= 4 is 11.7 Å². The first kappa shape index (κ1) is 15.3. The fourth-order valence-corrected chi connectivity index (χ4v) is 2.02. The molecule has 0 aliphatic heterocycles. The van der Waals surface area contributed by atoms with Gasteiger partial charge in [-0.1, -0.05) is 27.7 Å². The maximum Gasteiger partial charge on any atom is 0.275 e. The minimum Gasteiger partial charge on any atom is -0.304 e. The van der Waals surface area contributed by atoms with Crippen molar-refractivity contribution in [1.29, 1.82) is 0 Å². The van der Waals surface area contributed by atoms with Crippen LogP contribution in [0, 0.1) is 0 Å². The highest BCUT2D eigenvalue weighted by Gasteiger charge is 2.17. The van der Waals surface area contributed by atoms with Crippen molar-refractivity contribution in [3.05, 3.63) is 29.2 Å². The van der Waals surface area contributed by atoms with Crippen molar-refractivity contribution in [3.63, 3.8) is 0 Å². The Balaban J connectivity index is 2.19. The maximum absolute atomic E-state index is 12.4. The SMILES string of the molecule is CCn1nc(C(C)C)cc1C(=O)Nc1cc(C(C)C)[nH]n1. The molecule has 0 radical (unpaired) electrons. The van der Waals surface area contributed by atoms with E-state index in [9.17, 15) is 4.79 Å². The van der Waals surface area contributed by atoms with Gasteiger partial charge in [-0.25, -0.2) is 0 Å². The number of aromatic nitrogens is 4. The second-order valence-corrected chi connectivity index (χ2v) is 5.74. The smallest absolute Gasteiger partial charge is 0.275 e. The van der Waals surface area contributed by atoms with E-state index in [1.807, 2.05) is 19.1 Å². The molecule has 0 atom stereocenters. The molecule has 0 bridgehead atoms. The van der Waals surface area contributed by atoms with Crippen molar-refractivity contribution in [3.8, 4) is 0 Å². The van der Waals surface area contributed by atoms with Crippen LogP contribution in [0.3, 0.4) is 0 Å². The number of aryl methyl sites for hydroxylation is 1. The molecule has 2 rings (SSSR count). The standard InChI is InChI=1S/C15H23N5O/c1-6-20-13(7-12(19-20)10(4)5)15(21)16-14-8-11(9(2)3)17-18-14/h7-10H,6H2,1-5H3,(H2,16,17,18,21). The van der Waals surface area contributed by atoms with Crippen LogP contribution in [0.2, 0.25) is 0 Å². The highest BCUT2D eigenvalue weighted by atomic mass is 16.2. The Bertz CT molecular complexity index is 624. The summed E-state index contributed by atoms with van der Waals surface area (Å²) in [7, 11) is 0. The molecule has 0 aliphatic rings. The topological polar surface area (TPSA) is 75.6 Å². The van der Waals surface area contributed by atoms with Gasteiger partial charge in [-0.15, -0.1) is 0 Å². The quantitative estimate of drug-likeness (QED) is 0.888. The van der Waals surface area contributed by atoms with Gasteiger partial charge in [-0.2, -0.15) is 10.2 Å². The van der Waals surface area contributed by atoms with E-state index >= 15 is 0 Å². The third-order valence-corrected chi connectivity index (χ3v) is 3.38. The van der Waals surface area contributed by atoms with Gasteiger partial charge in [0.15, 0.2) is 5.82 Å². The Labute approximate surface area is 124 Å². The van der Waals surface area contributed by atoms with Gasteiger partial charge in [0, 0.05) is 18.3 Å². The number of H-pyrrole nitrogens is 1. The minimum atomic E-state index is -0.182. The average Bonchev–Trinajstić information content (AvgIpc) is 3.04. The van der Waals surface area contributed by atoms with Crippen molar-refractivity contribution in [2.75, 3.05) is 5.32 Å². The molecule has 21 heavy (non-hydrogen) atoms. The molecule has 0 unspecified atom stereocenters. The van der Waals surface area contributed by atoms with Crippen LogP contribution in [0.15, 0.2) is 12.1 Å². The summed E-state index contributed by atoms with van der Waals surface area (Å²) >= 11 is 0. The average molecular weight is 289 g/mol. The first-order chi connectivity index (χ1) is 9.92. The summed E-state index contributed by atoms with van der Waals surface area (Å²) in [6, 6.07) is 3.71. The van der Waals surface area contributed by atoms with Crippen LogP contribution in [0.4, 0.5) is 5.82 Å². The van der Waals surface area contributed by atoms with Crippen molar-refractivity contribution in [1.82, 2.24) is 20.0 Å². The zero-order valence-electron chi connectivity index (χ0n) is 13.3. The lowest BCUT2D eigenvalue weighted by atomic mass is 10.1. The molecule has 114 valence electrons. The molecule has 0 saturated heterocycles. The Morgan fingerprint density at radius 3 is 2.52 bits per heavy atom. The third kappa shape index (κ3) is 3.32. The van der Waals surface area contributed by atoms with E-state index < -0.39 is 0 Å². The first-order valence-electron chi connectivity index (χ1n) is 7.36. The van der Waals surface area contributed by atoms with Gasteiger partial charge in [0.05, 0.1) is 5.69 Å². The highest BCUT2D eigenvalue weighted by Crippen LogP contribution is 2.18. The van der Waals surface area contributed by atoms with Gasteiger partial charge in [-0.05, 0) is 24.8 Å². The van der Waals surface area contributed by atoms with Gasteiger partial charge < -0.3 is 5.32 Å². The van der Waals surface area contributed by atoms with Gasteiger partial charge >= 0.3 is 0 Å². The number of nitrogens with zero attached hydrogens (tertiary/aromatic N) is 3. The van der Waals surface area contributed by atoms with Gasteiger partial charge in [0.25, 0.3) is 5.91 Å². The molecule has 2 aromatic rings. The molecule has 0 saturated carbocycles. The molecule has 6 nitrogen and oxygen atoms in total. The zero-order valence-corrected chi connectivity index (χ0v) is 13.3. The molecule has 0 fully saturated rings. The normalized spacial score (nSPS) is 11.4. The lowest BCUT2D eigenvalue weighted by molar-refractivity contribution is 0.101. The molecule has 2 N–H and O–H groups in total. The number of aromatic amines is 1. The van der Waals surface area contributed by atoms with Crippen LogP contribution < -0.4 is 5.32 Å². The van der Waals surface area contributed by atoms with Gasteiger partial charge in [-0.3, -0.25) is 14.6 Å². The second-order valence-electron chi connectivity index (χ2n) is 5.74. The van der Waals surface area contributed by atoms with E-state index in [0.717, 1.165) is 11.4 Å². The van der Waals surface area contributed by atoms with E-state index in [-0.39, 0.29) is 5.91 Å². The minimum absolute atomic E-state index is 0.182. The fraction of sp³-hybridized carbons (Fsp3) is 0.533. The Morgan fingerprint density at radius 2 is 2.00 bits per heavy atom. The predicted molar refractivity (Wildman–Crippen MR) is 82.6 cm³/mol. The summed E-state index contributed by atoms with van der Waals surface area (Å²) < 4.78 is 1.72. The summed E-state index contributed by atoms with van der Waals surface area (Å²) in [4.78, 5) is 12.4. The highest BCUT2D eigenvalue weighted by molar-refractivity contribution is 6.02. The Hall–Kier alpha value is -2.11. The number of carbonyl (C=O) groups excluding carboxylic acids is 1. The summed E-state index contributed by atoms with van der Waals surface area (Å²) in [6.45, 7) is 10.9.